The Kier molecular flexibility index (Phi) is 9.01. The number of esters is 1. The number of nitriles is 1. The number of aliphatic hydroxyl groups is 1. The zero-order valence-corrected chi connectivity index (χ0v) is 21.0. The molecule has 0 spiro atoms. The van der Waals surface area contributed by atoms with Crippen LogP contribution in [0.1, 0.15) is 27.0 Å². The highest BCUT2D eigenvalue weighted by Crippen LogP contribution is 2.46. The summed E-state index contributed by atoms with van der Waals surface area (Å²) in [6.07, 6.45) is -4.27. The van der Waals surface area contributed by atoms with Gasteiger partial charge in [0.15, 0.2) is 6.23 Å². The highest BCUT2D eigenvalue weighted by molar-refractivity contribution is 7.52. The van der Waals surface area contributed by atoms with Crippen molar-refractivity contribution < 1.29 is 37.4 Å². The third-order valence-electron chi connectivity index (χ3n) is 5.15. The van der Waals surface area contributed by atoms with E-state index in [1.807, 2.05) is 0 Å². The molecule has 1 aromatic heterocycles. The van der Waals surface area contributed by atoms with Gasteiger partial charge in [-0.25, -0.2) is 9.36 Å². The summed E-state index contributed by atoms with van der Waals surface area (Å²) in [4.78, 5) is 37.5. The van der Waals surface area contributed by atoms with Crippen molar-refractivity contribution in [2.75, 3.05) is 6.61 Å². The van der Waals surface area contributed by atoms with E-state index in [0.717, 1.165) is 0 Å². The minimum Gasteiger partial charge on any atom is -0.462 e. The third-order valence-corrected chi connectivity index (χ3v) is 6.80. The summed E-state index contributed by atoms with van der Waals surface area (Å²) in [6.45, 7) is 4.04. The molecule has 1 unspecified atom stereocenters. The Bertz CT molecular complexity index is 1310. The lowest BCUT2D eigenvalue weighted by molar-refractivity contribution is -0.149. The van der Waals surface area contributed by atoms with Crippen LogP contribution in [-0.4, -0.2) is 51.6 Å². The molecule has 37 heavy (non-hydrogen) atoms. The van der Waals surface area contributed by atoms with Gasteiger partial charge in [-0.15, -0.1) is 0 Å². The molecule has 15 heteroatoms. The number of rotatable bonds is 10. The van der Waals surface area contributed by atoms with E-state index in [9.17, 15) is 33.7 Å². The lowest BCUT2D eigenvalue weighted by Crippen LogP contribution is -2.37. The Labute approximate surface area is 210 Å². The number of nitrogens with one attached hydrogen (secondary N) is 2. The average Bonchev–Trinajstić information content (AvgIpc) is 3.15. The SMILES string of the molecule is CC(C)OC(=O)[C@H](C)NP(=O)(OC[C@H]1O[C@@H](n2cc(F)c(=O)[nH]c2=O)[C@H](C#N)[C@@H]1O)Oc1ccccc1. The van der Waals surface area contributed by atoms with Crippen molar-refractivity contribution in [1.82, 2.24) is 14.6 Å². The van der Waals surface area contributed by atoms with Crippen LogP contribution in [0.2, 0.25) is 0 Å². The van der Waals surface area contributed by atoms with Crippen molar-refractivity contribution in [2.24, 2.45) is 5.92 Å². The second-order valence-corrected chi connectivity index (χ2v) is 10.1. The van der Waals surface area contributed by atoms with Crippen LogP contribution >= 0.6 is 7.75 Å². The van der Waals surface area contributed by atoms with E-state index in [4.69, 9.17) is 18.5 Å². The molecular formula is C22H26FN4O9P. The first-order valence-electron chi connectivity index (χ1n) is 11.2. The van der Waals surface area contributed by atoms with Gasteiger partial charge < -0.3 is 19.1 Å². The summed E-state index contributed by atoms with van der Waals surface area (Å²) in [5.41, 5.74) is -2.33. The molecule has 3 N–H and O–H groups in total. The maximum atomic E-state index is 13.8. The molecule has 1 fully saturated rings. The van der Waals surface area contributed by atoms with E-state index >= 15 is 0 Å². The first-order valence-corrected chi connectivity index (χ1v) is 12.7. The number of aromatic amines is 1. The quantitative estimate of drug-likeness (QED) is 0.291. The standard InChI is InChI=1S/C22H26FN4O9P/c1-12(2)34-21(30)13(3)26-37(32,36-14-7-5-4-6-8-14)33-11-17-18(28)15(9-24)20(35-17)27-10-16(23)19(29)25-22(27)31/h4-8,10,12-13,15,17-18,20,28H,11H2,1-3H3,(H,26,32)(H,25,29,31)/t13-,15+,17+,18-,20+,37?/m0/s1. The van der Waals surface area contributed by atoms with E-state index < -0.39 is 73.9 Å². The summed E-state index contributed by atoms with van der Waals surface area (Å²) >= 11 is 0. The molecule has 6 atom stereocenters. The third kappa shape index (κ3) is 6.91. The Balaban J connectivity index is 1.81. The van der Waals surface area contributed by atoms with Crippen LogP contribution < -0.4 is 20.9 Å². The number of aliphatic hydroxyl groups excluding tert-OH is 1. The molecule has 3 rings (SSSR count). The zero-order valence-electron chi connectivity index (χ0n) is 20.1. The fraction of sp³-hybridized carbons (Fsp3) is 0.455. The predicted octanol–water partition coefficient (Wildman–Crippen LogP) is 1.21. The van der Waals surface area contributed by atoms with Gasteiger partial charge in [-0.2, -0.15) is 14.7 Å². The summed E-state index contributed by atoms with van der Waals surface area (Å²) in [5, 5.41) is 22.6. The summed E-state index contributed by atoms with van der Waals surface area (Å²) in [6, 6.07) is 8.56. The van der Waals surface area contributed by atoms with Gasteiger partial charge in [0.2, 0.25) is 5.82 Å². The van der Waals surface area contributed by atoms with Crippen molar-refractivity contribution in [3.63, 3.8) is 0 Å². The molecule has 1 aromatic carbocycles. The van der Waals surface area contributed by atoms with Gasteiger partial charge in [-0.1, -0.05) is 18.2 Å². The molecule has 0 radical (unpaired) electrons. The van der Waals surface area contributed by atoms with Crippen LogP contribution in [0, 0.1) is 23.1 Å². The molecule has 1 aliphatic rings. The Morgan fingerprint density at radius 3 is 2.62 bits per heavy atom. The molecule has 1 aliphatic heterocycles. The number of carbonyl (C=O) groups is 1. The van der Waals surface area contributed by atoms with Gasteiger partial charge >= 0.3 is 19.4 Å². The lowest BCUT2D eigenvalue weighted by atomic mass is 10.0. The van der Waals surface area contributed by atoms with Gasteiger partial charge in [0, 0.05) is 0 Å². The van der Waals surface area contributed by atoms with E-state index in [0.29, 0.717) is 10.8 Å². The maximum Gasteiger partial charge on any atom is 0.459 e. The van der Waals surface area contributed by atoms with Gasteiger partial charge in [0.05, 0.1) is 25.0 Å². The second-order valence-electron chi connectivity index (χ2n) is 8.39. The second kappa shape index (κ2) is 11.8. The number of hydrogen-bond acceptors (Lipinski definition) is 10. The minimum atomic E-state index is -4.32. The maximum absolute atomic E-state index is 13.8. The summed E-state index contributed by atoms with van der Waals surface area (Å²) < 4.78 is 49.6. The zero-order chi connectivity index (χ0) is 27.3. The predicted molar refractivity (Wildman–Crippen MR) is 125 cm³/mol. The highest BCUT2D eigenvalue weighted by atomic mass is 31.2. The number of halogens is 1. The first-order chi connectivity index (χ1) is 17.4. The monoisotopic (exact) mass is 540 g/mol. The Hall–Kier alpha value is -3.34. The van der Waals surface area contributed by atoms with Gasteiger partial charge in [-0.3, -0.25) is 23.7 Å². The van der Waals surface area contributed by atoms with Crippen molar-refractivity contribution in [3.05, 3.63) is 63.2 Å². The molecule has 2 aromatic rings. The van der Waals surface area contributed by atoms with Crippen LogP contribution in [0.15, 0.2) is 46.1 Å². The molecule has 0 bridgehead atoms. The van der Waals surface area contributed by atoms with Gasteiger partial charge in [0.1, 0.15) is 29.9 Å². The first kappa shape index (κ1) is 28.2. The van der Waals surface area contributed by atoms with Crippen LogP contribution in [0.25, 0.3) is 0 Å². The molecule has 0 aliphatic carbocycles. The number of nitrogens with zero attached hydrogens (tertiary/aromatic N) is 2. The van der Waals surface area contributed by atoms with Crippen LogP contribution in [-0.2, 0) is 23.4 Å². The molecule has 1 saturated heterocycles. The number of aromatic nitrogens is 2. The number of para-hydroxylation sites is 1. The molecule has 0 saturated carbocycles. The smallest absolute Gasteiger partial charge is 0.459 e. The summed E-state index contributed by atoms with van der Waals surface area (Å²) in [5.74, 6) is -3.27. The largest absolute Gasteiger partial charge is 0.462 e. The molecule has 0 amide bonds. The van der Waals surface area contributed by atoms with Crippen LogP contribution in [0.5, 0.6) is 5.75 Å². The van der Waals surface area contributed by atoms with Crippen molar-refractivity contribution >= 4 is 13.7 Å². The van der Waals surface area contributed by atoms with E-state index in [1.54, 1.807) is 43.1 Å². The van der Waals surface area contributed by atoms with Crippen molar-refractivity contribution in [1.29, 1.82) is 5.26 Å². The highest BCUT2D eigenvalue weighted by Gasteiger charge is 2.47. The lowest BCUT2D eigenvalue weighted by Gasteiger charge is -2.25. The van der Waals surface area contributed by atoms with E-state index in [-0.39, 0.29) is 5.75 Å². The minimum absolute atomic E-state index is 0.138. The fourth-order valence-electron chi connectivity index (χ4n) is 3.42. The number of hydrogen-bond donors (Lipinski definition) is 3. The number of ether oxygens (including phenoxy) is 2. The molecule has 2 heterocycles. The molecular weight excluding hydrogens is 514 g/mol. The number of carbonyl (C=O) groups excluding carboxylic acids is 1. The van der Waals surface area contributed by atoms with Crippen LogP contribution in [0.3, 0.4) is 0 Å². The summed E-state index contributed by atoms with van der Waals surface area (Å²) in [7, 11) is -4.32. The topological polar surface area (TPSA) is 182 Å². The van der Waals surface area contributed by atoms with Crippen molar-refractivity contribution in [2.45, 2.75) is 51.4 Å². The van der Waals surface area contributed by atoms with Crippen molar-refractivity contribution in [3.8, 4) is 11.8 Å². The fourth-order valence-corrected chi connectivity index (χ4v) is 4.92. The Morgan fingerprint density at radius 1 is 1.32 bits per heavy atom. The van der Waals surface area contributed by atoms with Crippen LogP contribution in [0.4, 0.5) is 4.39 Å². The number of H-pyrrole nitrogens is 1. The average molecular weight is 540 g/mol. The number of benzene rings is 1. The normalized spacial score (nSPS) is 23.7. The van der Waals surface area contributed by atoms with Gasteiger partial charge in [0.25, 0.3) is 5.56 Å². The Morgan fingerprint density at radius 2 is 2.00 bits per heavy atom. The van der Waals surface area contributed by atoms with Gasteiger partial charge in [-0.05, 0) is 32.9 Å². The van der Waals surface area contributed by atoms with E-state index in [2.05, 4.69) is 5.09 Å². The molecule has 200 valence electrons. The van der Waals surface area contributed by atoms with E-state index in [1.165, 1.54) is 19.1 Å². The molecule has 13 nitrogen and oxygen atoms in total.